The summed E-state index contributed by atoms with van der Waals surface area (Å²) in [6.45, 7) is 2.65. The van der Waals surface area contributed by atoms with E-state index in [1.807, 2.05) is 6.92 Å². The fourth-order valence-electron chi connectivity index (χ4n) is 3.41. The van der Waals surface area contributed by atoms with Crippen LogP contribution in [0.2, 0.25) is 0 Å². The number of allylic oxidation sites excluding steroid dienone is 4. The van der Waals surface area contributed by atoms with Gasteiger partial charge in [0.1, 0.15) is 0 Å². The summed E-state index contributed by atoms with van der Waals surface area (Å²) < 4.78 is 5.25. The smallest absolute Gasteiger partial charge is 0.221 e. The molecule has 0 saturated heterocycles. The second-order valence-electron chi connectivity index (χ2n) is 7.26. The number of carbonyl (C=O) groups is 2. The van der Waals surface area contributed by atoms with Gasteiger partial charge in [-0.25, -0.2) is 0 Å². The number of methoxy groups -OCH3 is 1. The van der Waals surface area contributed by atoms with Gasteiger partial charge in [-0.05, 0) is 44.4 Å². The Labute approximate surface area is 144 Å². The summed E-state index contributed by atoms with van der Waals surface area (Å²) in [6.07, 6.45) is 13.7. The van der Waals surface area contributed by atoms with Crippen molar-refractivity contribution in [2.24, 2.45) is 11.8 Å². The number of rotatable bonds is 9. The number of hydrogen-bond acceptors (Lipinski definition) is 3. The van der Waals surface area contributed by atoms with Crippen molar-refractivity contribution >= 4 is 11.8 Å². The minimum Gasteiger partial charge on any atom is -0.382 e. The lowest BCUT2D eigenvalue weighted by Crippen LogP contribution is -2.56. The first-order valence-electron chi connectivity index (χ1n) is 8.91. The molecule has 5 nitrogen and oxygen atoms in total. The van der Waals surface area contributed by atoms with Gasteiger partial charge in [-0.15, -0.1) is 0 Å². The molecular formula is C19H30N2O3. The van der Waals surface area contributed by atoms with Crippen molar-refractivity contribution in [2.45, 2.75) is 51.0 Å². The Morgan fingerprint density at radius 3 is 2.17 bits per heavy atom. The average Bonchev–Trinajstić information content (AvgIpc) is 3.19. The molecule has 0 aromatic carbocycles. The van der Waals surface area contributed by atoms with Gasteiger partial charge in [0.25, 0.3) is 0 Å². The van der Waals surface area contributed by atoms with Crippen LogP contribution in [0, 0.1) is 11.8 Å². The van der Waals surface area contributed by atoms with Crippen molar-refractivity contribution in [3.8, 4) is 0 Å². The first-order chi connectivity index (χ1) is 11.5. The Hall–Kier alpha value is -1.62. The molecule has 0 fully saturated rings. The van der Waals surface area contributed by atoms with Crippen LogP contribution in [-0.2, 0) is 14.3 Å². The SMILES string of the molecule is COCC(C)(CNC(=O)CC1C=CCC1)NC(=O)CC1C=CCC1. The number of carbonyl (C=O) groups excluding carboxylic acids is 2. The summed E-state index contributed by atoms with van der Waals surface area (Å²) in [7, 11) is 1.61. The van der Waals surface area contributed by atoms with Gasteiger partial charge in [-0.1, -0.05) is 24.3 Å². The van der Waals surface area contributed by atoms with Gasteiger partial charge in [0.15, 0.2) is 0 Å². The van der Waals surface area contributed by atoms with E-state index >= 15 is 0 Å². The quantitative estimate of drug-likeness (QED) is 0.636. The van der Waals surface area contributed by atoms with Crippen LogP contribution in [0.3, 0.4) is 0 Å². The van der Waals surface area contributed by atoms with Crippen LogP contribution in [0.5, 0.6) is 0 Å². The zero-order valence-corrected chi connectivity index (χ0v) is 14.8. The minimum atomic E-state index is -0.588. The van der Waals surface area contributed by atoms with E-state index in [0.29, 0.717) is 37.8 Å². The van der Waals surface area contributed by atoms with Gasteiger partial charge in [0.05, 0.1) is 12.1 Å². The first kappa shape index (κ1) is 18.7. The summed E-state index contributed by atoms with van der Waals surface area (Å²) in [5, 5.41) is 6.00. The second-order valence-corrected chi connectivity index (χ2v) is 7.26. The molecule has 2 aliphatic carbocycles. The van der Waals surface area contributed by atoms with Crippen LogP contribution in [-0.4, -0.2) is 37.6 Å². The molecule has 3 atom stereocenters. The van der Waals surface area contributed by atoms with Crippen LogP contribution >= 0.6 is 0 Å². The monoisotopic (exact) mass is 334 g/mol. The van der Waals surface area contributed by atoms with Crippen molar-refractivity contribution < 1.29 is 14.3 Å². The summed E-state index contributed by atoms with van der Waals surface area (Å²) in [6, 6.07) is 0. The van der Waals surface area contributed by atoms with Gasteiger partial charge in [-0.3, -0.25) is 9.59 Å². The summed E-state index contributed by atoms with van der Waals surface area (Å²) >= 11 is 0. The highest BCUT2D eigenvalue weighted by molar-refractivity contribution is 5.78. The van der Waals surface area contributed by atoms with E-state index < -0.39 is 5.54 Å². The molecule has 0 aromatic heterocycles. The average molecular weight is 334 g/mol. The highest BCUT2D eigenvalue weighted by Crippen LogP contribution is 2.21. The van der Waals surface area contributed by atoms with Crippen LogP contribution in [0.15, 0.2) is 24.3 Å². The van der Waals surface area contributed by atoms with E-state index in [-0.39, 0.29) is 11.8 Å². The Kier molecular flexibility index (Phi) is 7.03. The van der Waals surface area contributed by atoms with E-state index in [2.05, 4.69) is 34.9 Å². The van der Waals surface area contributed by atoms with E-state index in [9.17, 15) is 9.59 Å². The van der Waals surface area contributed by atoms with Crippen molar-refractivity contribution in [2.75, 3.05) is 20.3 Å². The van der Waals surface area contributed by atoms with Gasteiger partial charge >= 0.3 is 0 Å². The van der Waals surface area contributed by atoms with Crippen molar-refractivity contribution in [1.29, 1.82) is 0 Å². The minimum absolute atomic E-state index is 0.0130. The zero-order chi connectivity index (χ0) is 17.4. The molecule has 2 amide bonds. The molecule has 0 aliphatic heterocycles. The number of nitrogens with one attached hydrogen (secondary N) is 2. The normalized spacial score (nSPS) is 24.8. The Morgan fingerprint density at radius 2 is 1.67 bits per heavy atom. The molecule has 0 spiro atoms. The van der Waals surface area contributed by atoms with Crippen molar-refractivity contribution in [3.63, 3.8) is 0 Å². The zero-order valence-electron chi connectivity index (χ0n) is 14.8. The molecule has 3 unspecified atom stereocenters. The lowest BCUT2D eigenvalue weighted by molar-refractivity contribution is -0.126. The molecule has 0 saturated carbocycles. The number of ether oxygens (including phenoxy) is 1. The van der Waals surface area contributed by atoms with Gasteiger partial charge in [0.2, 0.25) is 11.8 Å². The fourth-order valence-corrected chi connectivity index (χ4v) is 3.41. The first-order valence-corrected chi connectivity index (χ1v) is 8.91. The fraction of sp³-hybridized carbons (Fsp3) is 0.684. The molecule has 2 aliphatic rings. The van der Waals surface area contributed by atoms with E-state index in [0.717, 1.165) is 25.7 Å². The van der Waals surface area contributed by atoms with Crippen LogP contribution < -0.4 is 10.6 Å². The number of amides is 2. The third-order valence-electron chi connectivity index (χ3n) is 4.70. The number of hydrogen-bond donors (Lipinski definition) is 2. The summed E-state index contributed by atoms with van der Waals surface area (Å²) in [5.41, 5.74) is -0.588. The maximum absolute atomic E-state index is 12.3. The Balaban J connectivity index is 1.79. The topological polar surface area (TPSA) is 67.4 Å². The largest absolute Gasteiger partial charge is 0.382 e. The molecule has 0 bridgehead atoms. The summed E-state index contributed by atoms with van der Waals surface area (Å²) in [4.78, 5) is 24.4. The predicted octanol–water partition coefficient (Wildman–Crippen LogP) is 2.34. The predicted molar refractivity (Wildman–Crippen MR) is 94.4 cm³/mol. The Bertz CT molecular complexity index is 501. The molecule has 134 valence electrons. The van der Waals surface area contributed by atoms with Crippen LogP contribution in [0.1, 0.15) is 45.4 Å². The third kappa shape index (κ3) is 6.11. The lowest BCUT2D eigenvalue weighted by atomic mass is 10.00. The van der Waals surface area contributed by atoms with Gasteiger partial charge in [0, 0.05) is 26.5 Å². The molecule has 0 heterocycles. The molecule has 2 N–H and O–H groups in total. The van der Waals surface area contributed by atoms with E-state index in [1.54, 1.807) is 7.11 Å². The molecule has 5 heteroatoms. The van der Waals surface area contributed by atoms with Crippen LogP contribution in [0.4, 0.5) is 0 Å². The van der Waals surface area contributed by atoms with E-state index in [1.165, 1.54) is 0 Å². The summed E-state index contributed by atoms with van der Waals surface area (Å²) in [5.74, 6) is 0.726. The maximum atomic E-state index is 12.3. The lowest BCUT2D eigenvalue weighted by Gasteiger charge is -2.31. The molecule has 0 radical (unpaired) electrons. The third-order valence-corrected chi connectivity index (χ3v) is 4.70. The highest BCUT2D eigenvalue weighted by Gasteiger charge is 2.28. The molecule has 0 aromatic rings. The maximum Gasteiger partial charge on any atom is 0.221 e. The van der Waals surface area contributed by atoms with Gasteiger partial charge < -0.3 is 15.4 Å². The molecule has 2 rings (SSSR count). The molecular weight excluding hydrogens is 304 g/mol. The second kappa shape index (κ2) is 9.02. The highest BCUT2D eigenvalue weighted by atomic mass is 16.5. The van der Waals surface area contributed by atoms with Crippen molar-refractivity contribution in [3.05, 3.63) is 24.3 Å². The van der Waals surface area contributed by atoms with E-state index in [4.69, 9.17) is 4.74 Å². The van der Waals surface area contributed by atoms with Gasteiger partial charge in [-0.2, -0.15) is 0 Å². The standard InChI is InChI=1S/C19H30N2O3/c1-19(14-24-2,21-18(23)12-16-9-5-6-10-16)13-20-17(22)11-15-7-3-4-8-15/h3,5,7,9,15-16H,4,6,8,10-14H2,1-2H3,(H,20,22)(H,21,23). The molecule has 24 heavy (non-hydrogen) atoms. The van der Waals surface area contributed by atoms with Crippen LogP contribution in [0.25, 0.3) is 0 Å². The van der Waals surface area contributed by atoms with Crippen molar-refractivity contribution in [1.82, 2.24) is 10.6 Å². The Morgan fingerprint density at radius 1 is 1.08 bits per heavy atom.